The third kappa shape index (κ3) is 2.65. The number of nitrogens with zero attached hydrogens (tertiary/aromatic N) is 3. The Hall–Kier alpha value is -3.16. The third-order valence-corrected chi connectivity index (χ3v) is 4.37. The van der Waals surface area contributed by atoms with Gasteiger partial charge in [0.15, 0.2) is 12.4 Å². The molecule has 0 amide bonds. The lowest BCUT2D eigenvalue weighted by Crippen LogP contribution is -2.31. The molecule has 1 aromatic carbocycles. The average Bonchev–Trinajstić information content (AvgIpc) is 3.07. The number of para-hydroxylation sites is 1. The van der Waals surface area contributed by atoms with E-state index in [1.165, 1.54) is 6.33 Å². The zero-order valence-corrected chi connectivity index (χ0v) is 13.3. The number of nitrogens with one attached hydrogen (secondary N) is 1. The van der Waals surface area contributed by atoms with Gasteiger partial charge in [0.25, 0.3) is 0 Å². The number of aliphatic carboxylic acids is 1. The van der Waals surface area contributed by atoms with Gasteiger partial charge >= 0.3 is 5.97 Å². The SMILES string of the molecule is O=C(O)COc1ccccc1C1C2=C(CCCC2=O)Nc2ncnn21. The molecule has 1 aromatic heterocycles. The minimum atomic E-state index is -1.06. The minimum absolute atomic E-state index is 0.0629. The van der Waals surface area contributed by atoms with Crippen LogP contribution >= 0.6 is 0 Å². The van der Waals surface area contributed by atoms with Crippen LogP contribution in [0.5, 0.6) is 5.75 Å². The fraction of sp³-hybridized carbons (Fsp3) is 0.294. The summed E-state index contributed by atoms with van der Waals surface area (Å²) in [4.78, 5) is 27.7. The van der Waals surface area contributed by atoms with Gasteiger partial charge in [-0.2, -0.15) is 10.1 Å². The highest BCUT2D eigenvalue weighted by Crippen LogP contribution is 2.42. The molecule has 1 unspecified atom stereocenters. The number of hydrogen-bond acceptors (Lipinski definition) is 6. The van der Waals surface area contributed by atoms with Crippen molar-refractivity contribution in [3.05, 3.63) is 47.4 Å². The molecule has 0 saturated carbocycles. The Labute approximate surface area is 143 Å². The summed E-state index contributed by atoms with van der Waals surface area (Å²) >= 11 is 0. The molecule has 8 heteroatoms. The molecule has 0 bridgehead atoms. The van der Waals surface area contributed by atoms with Gasteiger partial charge < -0.3 is 15.2 Å². The highest BCUT2D eigenvalue weighted by molar-refractivity contribution is 5.99. The molecule has 0 radical (unpaired) electrons. The molecule has 0 saturated heterocycles. The van der Waals surface area contributed by atoms with E-state index in [9.17, 15) is 9.59 Å². The number of anilines is 1. The van der Waals surface area contributed by atoms with Crippen molar-refractivity contribution >= 4 is 17.7 Å². The molecule has 0 spiro atoms. The van der Waals surface area contributed by atoms with Crippen molar-refractivity contribution in [3.8, 4) is 5.75 Å². The van der Waals surface area contributed by atoms with Crippen LogP contribution in [0.2, 0.25) is 0 Å². The van der Waals surface area contributed by atoms with Gasteiger partial charge in [-0.1, -0.05) is 18.2 Å². The Bertz CT molecular complexity index is 886. The quantitative estimate of drug-likeness (QED) is 0.873. The molecule has 1 atom stereocenters. The predicted molar refractivity (Wildman–Crippen MR) is 87.2 cm³/mol. The van der Waals surface area contributed by atoms with Crippen LogP contribution in [0.25, 0.3) is 0 Å². The van der Waals surface area contributed by atoms with E-state index in [0.29, 0.717) is 29.3 Å². The molecule has 128 valence electrons. The van der Waals surface area contributed by atoms with Gasteiger partial charge in [-0.15, -0.1) is 0 Å². The van der Waals surface area contributed by atoms with E-state index in [1.807, 2.05) is 12.1 Å². The topological polar surface area (TPSA) is 106 Å². The number of ketones is 1. The van der Waals surface area contributed by atoms with Gasteiger partial charge in [-0.25, -0.2) is 9.48 Å². The van der Waals surface area contributed by atoms with Crippen molar-refractivity contribution in [2.75, 3.05) is 11.9 Å². The Morgan fingerprint density at radius 1 is 1.36 bits per heavy atom. The summed E-state index contributed by atoms with van der Waals surface area (Å²) in [5.74, 6) is -0.0156. The summed E-state index contributed by atoms with van der Waals surface area (Å²) < 4.78 is 7.09. The Kier molecular flexibility index (Phi) is 3.72. The number of ether oxygens (including phenoxy) is 1. The van der Waals surface area contributed by atoms with Crippen molar-refractivity contribution in [1.82, 2.24) is 14.8 Å². The van der Waals surface area contributed by atoms with E-state index >= 15 is 0 Å². The summed E-state index contributed by atoms with van der Waals surface area (Å²) in [6.45, 7) is -0.452. The zero-order chi connectivity index (χ0) is 17.4. The number of hydrogen-bond donors (Lipinski definition) is 2. The summed E-state index contributed by atoms with van der Waals surface area (Å²) in [6, 6.07) is 6.64. The maximum atomic E-state index is 12.6. The van der Waals surface area contributed by atoms with Crippen molar-refractivity contribution < 1.29 is 19.4 Å². The first-order valence-electron chi connectivity index (χ1n) is 8.01. The molecular formula is C17H16N4O4. The average molecular weight is 340 g/mol. The summed E-state index contributed by atoms with van der Waals surface area (Å²) in [6.07, 6.45) is 3.48. The number of carbonyl (C=O) groups excluding carboxylic acids is 1. The lowest BCUT2D eigenvalue weighted by molar-refractivity contribution is -0.139. The van der Waals surface area contributed by atoms with Gasteiger partial charge in [0, 0.05) is 23.3 Å². The van der Waals surface area contributed by atoms with Gasteiger partial charge in [0.05, 0.1) is 0 Å². The number of rotatable bonds is 4. The van der Waals surface area contributed by atoms with Crippen molar-refractivity contribution in [3.63, 3.8) is 0 Å². The van der Waals surface area contributed by atoms with Crippen LogP contribution in [0.3, 0.4) is 0 Å². The predicted octanol–water partition coefficient (Wildman–Crippen LogP) is 1.76. The smallest absolute Gasteiger partial charge is 0.341 e. The second-order valence-corrected chi connectivity index (χ2v) is 5.94. The van der Waals surface area contributed by atoms with E-state index in [0.717, 1.165) is 18.5 Å². The summed E-state index contributed by atoms with van der Waals surface area (Å²) in [5.41, 5.74) is 2.20. The number of carboxylic acids is 1. The Morgan fingerprint density at radius 3 is 3.04 bits per heavy atom. The molecule has 8 nitrogen and oxygen atoms in total. The van der Waals surface area contributed by atoms with Gasteiger partial charge in [0.2, 0.25) is 5.95 Å². The normalized spacial score (nSPS) is 19.0. The Morgan fingerprint density at radius 2 is 2.20 bits per heavy atom. The standard InChI is InChI=1S/C17H16N4O4/c22-12-6-3-5-11-15(12)16(21-17(20-11)18-9-19-21)10-4-1-2-7-13(10)25-8-14(23)24/h1-2,4,7,9,16H,3,5-6,8H2,(H,23,24)(H,18,19,20). The monoisotopic (exact) mass is 340 g/mol. The first-order valence-corrected chi connectivity index (χ1v) is 8.01. The largest absolute Gasteiger partial charge is 0.482 e. The lowest BCUT2D eigenvalue weighted by atomic mass is 9.85. The zero-order valence-electron chi connectivity index (χ0n) is 13.3. The van der Waals surface area contributed by atoms with Crippen LogP contribution in [-0.2, 0) is 9.59 Å². The molecule has 2 heterocycles. The maximum absolute atomic E-state index is 12.6. The molecule has 1 aliphatic heterocycles. The number of fused-ring (bicyclic) bond motifs is 1. The maximum Gasteiger partial charge on any atom is 0.341 e. The minimum Gasteiger partial charge on any atom is -0.482 e. The second kappa shape index (κ2) is 6.04. The highest BCUT2D eigenvalue weighted by Gasteiger charge is 2.37. The molecule has 2 N–H and O–H groups in total. The lowest BCUT2D eigenvalue weighted by Gasteiger charge is -2.32. The van der Waals surface area contributed by atoms with E-state index in [1.54, 1.807) is 16.8 Å². The molecule has 2 aromatic rings. The van der Waals surface area contributed by atoms with E-state index in [2.05, 4.69) is 15.4 Å². The first-order chi connectivity index (χ1) is 12.1. The molecule has 4 rings (SSSR count). The summed E-state index contributed by atoms with van der Waals surface area (Å²) in [7, 11) is 0. The number of carboxylic acid groups (broad SMARTS) is 1. The van der Waals surface area contributed by atoms with Crippen LogP contribution in [0.15, 0.2) is 41.9 Å². The van der Waals surface area contributed by atoms with Crippen LogP contribution in [0.4, 0.5) is 5.95 Å². The fourth-order valence-electron chi connectivity index (χ4n) is 3.36. The molecule has 25 heavy (non-hydrogen) atoms. The van der Waals surface area contributed by atoms with Crippen LogP contribution in [0.1, 0.15) is 30.9 Å². The summed E-state index contributed by atoms with van der Waals surface area (Å²) in [5, 5.41) is 16.4. The van der Waals surface area contributed by atoms with Gasteiger partial charge in [-0.05, 0) is 18.9 Å². The van der Waals surface area contributed by atoms with Gasteiger partial charge in [0.1, 0.15) is 18.1 Å². The number of aromatic nitrogens is 3. The van der Waals surface area contributed by atoms with E-state index < -0.39 is 18.6 Å². The fourth-order valence-corrected chi connectivity index (χ4v) is 3.36. The van der Waals surface area contributed by atoms with Crippen molar-refractivity contribution in [1.29, 1.82) is 0 Å². The van der Waals surface area contributed by atoms with Crippen LogP contribution < -0.4 is 10.1 Å². The highest BCUT2D eigenvalue weighted by atomic mass is 16.5. The second-order valence-electron chi connectivity index (χ2n) is 5.94. The number of Topliss-reactive ketones (excluding diaryl/α,β-unsaturated/α-hetero) is 1. The van der Waals surface area contributed by atoms with Crippen molar-refractivity contribution in [2.45, 2.75) is 25.3 Å². The number of allylic oxidation sites excluding steroid dienone is 2. The van der Waals surface area contributed by atoms with Crippen LogP contribution in [-0.4, -0.2) is 38.2 Å². The van der Waals surface area contributed by atoms with Gasteiger partial charge in [-0.3, -0.25) is 4.79 Å². The van der Waals surface area contributed by atoms with E-state index in [-0.39, 0.29) is 5.78 Å². The Balaban J connectivity index is 1.84. The molecule has 2 aliphatic rings. The van der Waals surface area contributed by atoms with Crippen molar-refractivity contribution in [2.24, 2.45) is 0 Å². The molecule has 1 aliphatic carbocycles. The molecular weight excluding hydrogens is 324 g/mol. The van der Waals surface area contributed by atoms with Crippen LogP contribution in [0, 0.1) is 0 Å². The number of benzene rings is 1. The molecule has 0 fully saturated rings. The third-order valence-electron chi connectivity index (χ3n) is 4.37. The number of carbonyl (C=O) groups is 2. The van der Waals surface area contributed by atoms with E-state index in [4.69, 9.17) is 9.84 Å². The first kappa shape index (κ1) is 15.4.